The van der Waals surface area contributed by atoms with Gasteiger partial charge in [-0.3, -0.25) is 0 Å². The molecule has 2 radical (unpaired) electrons. The first-order valence-corrected chi connectivity index (χ1v) is 16.9. The second-order valence-corrected chi connectivity index (χ2v) is 17.2. The molecule has 0 aliphatic rings. The van der Waals surface area contributed by atoms with Gasteiger partial charge in [-0.15, -0.1) is 0 Å². The molecule has 0 spiro atoms. The van der Waals surface area contributed by atoms with E-state index in [1.54, 1.807) is 4.21 Å². The molecular formula is C25H46S2Sn. The molecule has 0 aliphatic heterocycles. The van der Waals surface area contributed by atoms with Crippen LogP contribution in [-0.2, 0) is 0 Å². The Morgan fingerprint density at radius 1 is 0.714 bits per heavy atom. The van der Waals surface area contributed by atoms with Crippen LogP contribution in [0.3, 0.4) is 0 Å². The minimum absolute atomic E-state index is 0.520. The van der Waals surface area contributed by atoms with Crippen LogP contribution in [0.15, 0.2) is 16.3 Å². The number of thiophene rings is 1. The summed E-state index contributed by atoms with van der Waals surface area (Å²) in [5.41, 5.74) is 0. The maximum absolute atomic E-state index is 2.53. The Bertz CT molecular complexity index is 447. The van der Waals surface area contributed by atoms with Gasteiger partial charge in [0.1, 0.15) is 0 Å². The Morgan fingerprint density at radius 2 is 1.25 bits per heavy atom. The Morgan fingerprint density at radius 3 is 1.82 bits per heavy atom. The summed E-state index contributed by atoms with van der Waals surface area (Å²) >= 11 is 3.78. The van der Waals surface area contributed by atoms with Crippen molar-refractivity contribution in [2.24, 2.45) is 0 Å². The fourth-order valence-electron chi connectivity index (χ4n) is 3.89. The average molecular weight is 529 g/mol. The van der Waals surface area contributed by atoms with Crippen LogP contribution in [0.5, 0.6) is 0 Å². The van der Waals surface area contributed by atoms with Crippen molar-refractivity contribution >= 4 is 47.1 Å². The monoisotopic (exact) mass is 530 g/mol. The van der Waals surface area contributed by atoms with Crippen LogP contribution in [0.4, 0.5) is 0 Å². The molecule has 0 unspecified atom stereocenters. The molecule has 0 saturated carbocycles. The number of hydrogen-bond acceptors (Lipinski definition) is 2. The Kier molecular flexibility index (Phi) is 16.8. The van der Waals surface area contributed by atoms with Gasteiger partial charge in [-0.1, -0.05) is 0 Å². The topological polar surface area (TPSA) is 0 Å². The van der Waals surface area contributed by atoms with Crippen LogP contribution in [0.1, 0.15) is 124 Å². The first kappa shape index (κ1) is 26.9. The van der Waals surface area contributed by atoms with E-state index in [9.17, 15) is 0 Å². The molecule has 0 nitrogen and oxygen atoms in total. The Balaban J connectivity index is 2.55. The fraction of sp³-hybridized carbons (Fsp3) is 0.840. The molecule has 0 N–H and O–H groups in total. The predicted molar refractivity (Wildman–Crippen MR) is 135 cm³/mol. The van der Waals surface area contributed by atoms with E-state index in [0.717, 1.165) is 3.43 Å². The third-order valence-electron chi connectivity index (χ3n) is 5.74. The first-order valence-electron chi connectivity index (χ1n) is 12.2. The summed E-state index contributed by atoms with van der Waals surface area (Å²) in [5, 5.41) is 0. The van der Waals surface area contributed by atoms with Gasteiger partial charge in [0.15, 0.2) is 0 Å². The second-order valence-electron chi connectivity index (χ2n) is 8.45. The first-order chi connectivity index (χ1) is 13.7. The van der Waals surface area contributed by atoms with Gasteiger partial charge in [-0.25, -0.2) is 0 Å². The van der Waals surface area contributed by atoms with E-state index < -0.39 is 21.1 Å². The predicted octanol–water partition coefficient (Wildman–Crippen LogP) is 9.26. The molecule has 0 atom stereocenters. The molecule has 0 bridgehead atoms. The van der Waals surface area contributed by atoms with Gasteiger partial charge in [0.05, 0.1) is 0 Å². The number of hydrogen-bond donors (Lipinski definition) is 0. The summed E-state index contributed by atoms with van der Waals surface area (Å²) in [6.07, 6.45) is 21.4. The molecule has 3 heteroatoms. The molecule has 162 valence electrons. The van der Waals surface area contributed by atoms with E-state index in [1.165, 1.54) is 102 Å². The zero-order chi connectivity index (χ0) is 20.5. The standard InChI is InChI=1S/C13H27.C12H19S2.Sn/c1-4-7-10-13(11-8-5-2)12-9-6-3;1-2-3-4-5-6-7-10-13-12-9-8-11-14-12;/h4-12H2,1-3H3;8-9H,2-7,10H2,1H3;. The number of rotatable bonds is 19. The molecule has 0 fully saturated rings. The molecule has 0 aliphatic carbocycles. The van der Waals surface area contributed by atoms with Crippen LogP contribution >= 0.6 is 23.1 Å². The molecule has 1 heterocycles. The zero-order valence-electron chi connectivity index (χ0n) is 19.3. The van der Waals surface area contributed by atoms with Gasteiger partial charge in [-0.05, 0) is 0 Å². The van der Waals surface area contributed by atoms with Crippen molar-refractivity contribution in [2.75, 3.05) is 5.75 Å². The fourth-order valence-corrected chi connectivity index (χ4v) is 13.9. The van der Waals surface area contributed by atoms with Crippen LogP contribution in [0.2, 0.25) is 3.43 Å². The molecular weight excluding hydrogens is 483 g/mol. The van der Waals surface area contributed by atoms with Crippen LogP contribution in [0.25, 0.3) is 0 Å². The van der Waals surface area contributed by atoms with E-state index in [1.807, 2.05) is 2.89 Å². The summed E-state index contributed by atoms with van der Waals surface area (Å²) in [7, 11) is 0. The van der Waals surface area contributed by atoms with Crippen LogP contribution < -0.4 is 2.89 Å². The summed E-state index contributed by atoms with van der Waals surface area (Å²) < 4.78 is 4.15. The van der Waals surface area contributed by atoms with E-state index >= 15 is 0 Å². The van der Waals surface area contributed by atoms with Gasteiger partial charge in [0.2, 0.25) is 0 Å². The summed E-state index contributed by atoms with van der Waals surface area (Å²) in [6.45, 7) is 9.42. The molecule has 1 aromatic heterocycles. The van der Waals surface area contributed by atoms with Crippen molar-refractivity contribution in [3.63, 3.8) is 0 Å². The molecule has 0 aromatic carbocycles. The third kappa shape index (κ3) is 11.9. The number of thioether (sulfide) groups is 1. The zero-order valence-corrected chi connectivity index (χ0v) is 23.8. The molecule has 0 saturated heterocycles. The van der Waals surface area contributed by atoms with Crippen molar-refractivity contribution < 1.29 is 0 Å². The van der Waals surface area contributed by atoms with Gasteiger partial charge >= 0.3 is 197 Å². The van der Waals surface area contributed by atoms with Gasteiger partial charge in [0, 0.05) is 0 Å². The van der Waals surface area contributed by atoms with Crippen LogP contribution in [0, 0.1) is 0 Å². The van der Waals surface area contributed by atoms with E-state index in [4.69, 9.17) is 0 Å². The average Bonchev–Trinajstić information content (AvgIpc) is 3.15. The molecule has 1 aromatic rings. The Hall–Kier alpha value is 0.849. The Labute approximate surface area is 195 Å². The maximum atomic E-state index is 2.53. The molecule has 0 amide bonds. The SMILES string of the molecule is CCCCCCCCSc1cc[c]([Sn][C](CCCC)(CCCC)CCCC)s1. The summed E-state index contributed by atoms with van der Waals surface area (Å²) in [4.78, 5) is 0. The third-order valence-corrected chi connectivity index (χ3v) is 14.3. The second kappa shape index (κ2) is 17.5. The van der Waals surface area contributed by atoms with E-state index in [0.29, 0.717) is 0 Å². The van der Waals surface area contributed by atoms with E-state index in [2.05, 4.69) is 62.9 Å². The summed E-state index contributed by atoms with van der Waals surface area (Å²) in [6, 6.07) is 4.98. The van der Waals surface area contributed by atoms with Crippen LogP contribution in [-0.4, -0.2) is 26.9 Å². The molecule has 28 heavy (non-hydrogen) atoms. The number of unbranched alkanes of at least 4 members (excludes halogenated alkanes) is 8. The normalized spacial score (nSPS) is 12.0. The van der Waals surface area contributed by atoms with Crippen molar-refractivity contribution in [1.82, 2.24) is 0 Å². The summed E-state index contributed by atoms with van der Waals surface area (Å²) in [5.74, 6) is 1.32. The van der Waals surface area contributed by atoms with E-state index in [-0.39, 0.29) is 0 Å². The van der Waals surface area contributed by atoms with Crippen molar-refractivity contribution in [3.8, 4) is 0 Å². The quantitative estimate of drug-likeness (QED) is 0.0978. The minimum atomic E-state index is -0.520. The van der Waals surface area contributed by atoms with Gasteiger partial charge in [-0.2, -0.15) is 0 Å². The van der Waals surface area contributed by atoms with Crippen molar-refractivity contribution in [1.29, 1.82) is 0 Å². The van der Waals surface area contributed by atoms with Gasteiger partial charge < -0.3 is 0 Å². The van der Waals surface area contributed by atoms with Crippen molar-refractivity contribution in [2.45, 2.75) is 132 Å². The van der Waals surface area contributed by atoms with Crippen molar-refractivity contribution in [3.05, 3.63) is 12.1 Å². The molecule has 1 rings (SSSR count). The van der Waals surface area contributed by atoms with Gasteiger partial charge in [0.25, 0.3) is 0 Å².